The maximum Gasteiger partial charge on any atom is 0.248 e. The molecule has 318 valence electrons. The van der Waals surface area contributed by atoms with Crippen LogP contribution in [-0.2, 0) is 40.0 Å². The predicted octanol–water partition coefficient (Wildman–Crippen LogP) is 1.26. The highest BCUT2D eigenvalue weighted by Crippen LogP contribution is 2.24. The molecule has 16 nitrogen and oxygen atoms in total. The fourth-order valence-electron chi connectivity index (χ4n) is 8.32. The molecule has 1 aromatic heterocycles. The van der Waals surface area contributed by atoms with Gasteiger partial charge in [-0.05, 0) is 74.8 Å². The van der Waals surface area contributed by atoms with Gasteiger partial charge in [-0.1, -0.05) is 59.7 Å². The number of aliphatic hydroxyl groups is 1. The highest BCUT2D eigenvalue weighted by atomic mass is 16.3. The lowest BCUT2D eigenvalue weighted by Crippen LogP contribution is -2.61. The van der Waals surface area contributed by atoms with E-state index < -0.39 is 95.7 Å². The molecule has 0 bridgehead atoms. The first-order valence-electron chi connectivity index (χ1n) is 20.8. The Bertz CT molecular complexity index is 1840. The number of amides is 7. The number of fused-ring (bicyclic) bond motifs is 3. The lowest BCUT2D eigenvalue weighted by atomic mass is 9.98. The van der Waals surface area contributed by atoms with Gasteiger partial charge in [-0.15, -0.1) is 0 Å². The van der Waals surface area contributed by atoms with E-state index in [0.29, 0.717) is 19.3 Å². The van der Waals surface area contributed by atoms with Crippen molar-refractivity contribution >= 4 is 52.3 Å². The number of hydrogen-bond donors (Lipinski definition) is 7. The van der Waals surface area contributed by atoms with E-state index in [-0.39, 0.29) is 50.6 Å². The van der Waals surface area contributed by atoms with Crippen LogP contribution in [-0.4, -0.2) is 123 Å². The number of aromatic nitrogens is 1. The number of rotatable bonds is 8. The fourth-order valence-corrected chi connectivity index (χ4v) is 8.32. The van der Waals surface area contributed by atoms with Crippen molar-refractivity contribution in [1.29, 1.82) is 0 Å². The van der Waals surface area contributed by atoms with Crippen LogP contribution in [0.25, 0.3) is 10.9 Å². The number of carbonyl (C=O) groups excluding carboxylic acids is 7. The van der Waals surface area contributed by atoms with Crippen molar-refractivity contribution in [2.24, 2.45) is 17.8 Å². The van der Waals surface area contributed by atoms with Crippen molar-refractivity contribution in [1.82, 2.24) is 41.4 Å². The van der Waals surface area contributed by atoms with Gasteiger partial charge in [0.1, 0.15) is 42.3 Å². The van der Waals surface area contributed by atoms with Crippen LogP contribution in [0, 0.1) is 17.8 Å². The van der Waals surface area contributed by atoms with Crippen LogP contribution in [0.2, 0.25) is 0 Å². The van der Waals surface area contributed by atoms with Crippen LogP contribution in [0.4, 0.5) is 0 Å². The molecule has 0 aliphatic carbocycles. The first-order chi connectivity index (χ1) is 27.5. The van der Waals surface area contributed by atoms with Crippen molar-refractivity contribution in [3.63, 3.8) is 0 Å². The molecule has 7 amide bonds. The summed E-state index contributed by atoms with van der Waals surface area (Å²) >= 11 is 0. The SMILES string of the molecule is CC(C)CC1NC(=O)C2CCCN2C(=O)C(C(C)C)NC(=O)C(Cc2c[nH]c3ccccc23)NC(=O)C(CC(C)C)NC(=O)C2CCCN2C(=O)C(C(C)O)NC1=O. The Morgan fingerprint density at radius 1 is 0.621 bits per heavy atom. The van der Waals surface area contributed by atoms with E-state index in [1.165, 1.54) is 16.7 Å². The van der Waals surface area contributed by atoms with Crippen molar-refractivity contribution in [2.75, 3.05) is 13.1 Å². The van der Waals surface area contributed by atoms with E-state index >= 15 is 0 Å². The van der Waals surface area contributed by atoms with Crippen LogP contribution >= 0.6 is 0 Å². The van der Waals surface area contributed by atoms with Crippen molar-refractivity contribution in [2.45, 2.75) is 142 Å². The summed E-state index contributed by atoms with van der Waals surface area (Å²) in [7, 11) is 0. The van der Waals surface area contributed by atoms with Gasteiger partial charge in [-0.3, -0.25) is 33.6 Å². The van der Waals surface area contributed by atoms with E-state index in [0.717, 1.165) is 16.5 Å². The van der Waals surface area contributed by atoms with Crippen molar-refractivity contribution < 1.29 is 38.7 Å². The predicted molar refractivity (Wildman–Crippen MR) is 217 cm³/mol. The van der Waals surface area contributed by atoms with Gasteiger partial charge in [-0.25, -0.2) is 0 Å². The molecule has 5 rings (SSSR count). The molecule has 0 radical (unpaired) electrons. The van der Waals surface area contributed by atoms with Crippen LogP contribution in [0.5, 0.6) is 0 Å². The number of hydrogen-bond acceptors (Lipinski definition) is 8. The molecule has 16 heteroatoms. The Hall–Kier alpha value is -4.99. The number of aliphatic hydroxyl groups excluding tert-OH is 1. The minimum Gasteiger partial charge on any atom is -0.391 e. The Labute approximate surface area is 340 Å². The van der Waals surface area contributed by atoms with Crippen molar-refractivity contribution in [3.8, 4) is 0 Å². The first-order valence-corrected chi connectivity index (χ1v) is 20.8. The smallest absolute Gasteiger partial charge is 0.248 e. The number of carbonyl (C=O) groups is 7. The molecule has 1 aromatic carbocycles. The quantitative estimate of drug-likeness (QED) is 0.205. The minimum atomic E-state index is -1.44. The van der Waals surface area contributed by atoms with E-state index in [4.69, 9.17) is 0 Å². The molecule has 8 atom stereocenters. The molecule has 3 aliphatic heterocycles. The van der Waals surface area contributed by atoms with Crippen LogP contribution in [0.3, 0.4) is 0 Å². The number of benzene rings is 1. The van der Waals surface area contributed by atoms with Gasteiger partial charge >= 0.3 is 0 Å². The standard InChI is InChI=1S/C42H62N8O8/c1-22(2)18-29-36(52)44-31(20-26-21-43-28-13-9-8-12-27(26)28)38(54)47-34(24(5)6)41(57)49-16-10-14-32(49)39(55)46-30(19-23(3)4)37(53)48-35(25(7)51)42(58)50-17-11-15-33(50)40(56)45-29/h8-9,12-13,21-25,29-35,43,51H,10-11,14-20H2,1-7H3,(H,44,52)(H,45,56)(H,46,55)(H,47,54)(H,48,53). The molecule has 3 fully saturated rings. The highest BCUT2D eigenvalue weighted by Gasteiger charge is 2.44. The average molecular weight is 807 g/mol. The summed E-state index contributed by atoms with van der Waals surface area (Å²) in [5.74, 6) is -4.73. The van der Waals surface area contributed by atoms with Crippen LogP contribution in [0.15, 0.2) is 30.5 Å². The molecule has 3 saturated heterocycles. The Morgan fingerprint density at radius 3 is 1.60 bits per heavy atom. The second-order valence-electron chi connectivity index (χ2n) is 17.3. The lowest BCUT2D eigenvalue weighted by molar-refractivity contribution is -0.145. The molecule has 8 unspecified atom stereocenters. The fraction of sp³-hybridized carbons (Fsp3) is 0.643. The molecular formula is C42H62N8O8. The minimum absolute atomic E-state index is 0.0571. The number of aromatic amines is 1. The normalized spacial score (nSPS) is 27.8. The monoisotopic (exact) mass is 806 g/mol. The van der Waals surface area contributed by atoms with Crippen LogP contribution < -0.4 is 26.6 Å². The summed E-state index contributed by atoms with van der Waals surface area (Å²) < 4.78 is 0. The molecule has 7 N–H and O–H groups in total. The molecular weight excluding hydrogens is 745 g/mol. The van der Waals surface area contributed by atoms with Gasteiger partial charge in [0.05, 0.1) is 6.10 Å². The molecule has 58 heavy (non-hydrogen) atoms. The van der Waals surface area contributed by atoms with E-state index in [9.17, 15) is 38.7 Å². The maximum atomic E-state index is 14.4. The summed E-state index contributed by atoms with van der Waals surface area (Å²) in [6.07, 6.45) is 2.49. The summed E-state index contributed by atoms with van der Waals surface area (Å²) in [5.41, 5.74) is 1.59. The zero-order chi connectivity index (χ0) is 42.4. The number of H-pyrrole nitrogens is 1. The van der Waals surface area contributed by atoms with E-state index in [1.807, 2.05) is 52.0 Å². The zero-order valence-corrected chi connectivity index (χ0v) is 34.8. The first kappa shape index (κ1) is 44.1. The van der Waals surface area contributed by atoms with Gasteiger partial charge in [0.2, 0.25) is 41.4 Å². The molecule has 3 aliphatic rings. The second kappa shape index (κ2) is 19.2. The zero-order valence-electron chi connectivity index (χ0n) is 34.8. The Kier molecular flexibility index (Phi) is 14.6. The van der Waals surface area contributed by atoms with Crippen molar-refractivity contribution in [3.05, 3.63) is 36.0 Å². The summed E-state index contributed by atoms with van der Waals surface area (Å²) in [6, 6.07) is -0.249. The topological polar surface area (TPSA) is 222 Å². The van der Waals surface area contributed by atoms with E-state index in [1.54, 1.807) is 20.0 Å². The third-order valence-electron chi connectivity index (χ3n) is 11.4. The average Bonchev–Trinajstić information content (AvgIpc) is 3.94. The van der Waals surface area contributed by atoms with Gasteiger partial charge < -0.3 is 46.5 Å². The number of para-hydroxylation sites is 1. The molecule has 0 saturated carbocycles. The summed E-state index contributed by atoms with van der Waals surface area (Å²) in [4.78, 5) is 105. The summed E-state index contributed by atoms with van der Waals surface area (Å²) in [5, 5.41) is 25.8. The summed E-state index contributed by atoms with van der Waals surface area (Å²) in [6.45, 7) is 12.9. The molecule has 0 spiro atoms. The third kappa shape index (κ3) is 10.4. The number of nitrogens with one attached hydrogen (secondary N) is 6. The molecule has 2 aromatic rings. The maximum absolute atomic E-state index is 14.4. The second-order valence-corrected chi connectivity index (χ2v) is 17.3. The highest BCUT2D eigenvalue weighted by molar-refractivity contribution is 5.99. The Balaban J connectivity index is 1.56. The van der Waals surface area contributed by atoms with Gasteiger partial charge in [-0.2, -0.15) is 0 Å². The largest absolute Gasteiger partial charge is 0.391 e. The molecule has 4 heterocycles. The van der Waals surface area contributed by atoms with E-state index in [2.05, 4.69) is 31.6 Å². The Morgan fingerprint density at radius 2 is 1.09 bits per heavy atom. The van der Waals surface area contributed by atoms with Crippen LogP contribution in [0.1, 0.15) is 92.6 Å². The number of nitrogens with zero attached hydrogens (tertiary/aromatic N) is 2. The van der Waals surface area contributed by atoms with Gasteiger partial charge in [0.15, 0.2) is 0 Å². The van der Waals surface area contributed by atoms with Gasteiger partial charge in [0.25, 0.3) is 0 Å². The van der Waals surface area contributed by atoms with Gasteiger partial charge in [0, 0.05) is 36.6 Å². The lowest BCUT2D eigenvalue weighted by Gasteiger charge is -2.33. The third-order valence-corrected chi connectivity index (χ3v) is 11.4.